The first-order valence-corrected chi connectivity index (χ1v) is 12.4. The molecule has 8 heteroatoms. The summed E-state index contributed by atoms with van der Waals surface area (Å²) in [6.45, 7) is 3.24. The minimum atomic E-state index is -2.72. The first-order chi connectivity index (χ1) is 16.7. The number of nitrogens with one attached hydrogen (secondary N) is 1. The minimum Gasteiger partial charge on any atom is -0.381 e. The molecule has 2 aliphatic rings. The van der Waals surface area contributed by atoms with Crippen LogP contribution in [0.3, 0.4) is 0 Å². The summed E-state index contributed by atoms with van der Waals surface area (Å²) in [5.74, 6) is -4.56. The highest BCUT2D eigenvalue weighted by atomic mass is 19.3. The second kappa shape index (κ2) is 10.6. The van der Waals surface area contributed by atoms with Crippen LogP contribution in [0, 0.1) is 17.0 Å². The number of benzene rings is 1. The molecule has 2 aliphatic carbocycles. The van der Waals surface area contributed by atoms with Crippen LogP contribution < -0.4 is 5.32 Å². The van der Waals surface area contributed by atoms with Gasteiger partial charge >= 0.3 is 0 Å². The lowest BCUT2D eigenvalue weighted by atomic mass is 9.83. The summed E-state index contributed by atoms with van der Waals surface area (Å²) in [5, 5.41) is 2.91. The fourth-order valence-electron chi connectivity index (χ4n) is 4.77. The van der Waals surface area contributed by atoms with Gasteiger partial charge in [-0.1, -0.05) is 13.3 Å². The van der Waals surface area contributed by atoms with E-state index in [2.05, 4.69) is 17.2 Å². The number of aromatic nitrogens is 1. The van der Waals surface area contributed by atoms with Gasteiger partial charge in [-0.15, -0.1) is 0 Å². The summed E-state index contributed by atoms with van der Waals surface area (Å²) >= 11 is 0. The van der Waals surface area contributed by atoms with E-state index >= 15 is 0 Å². The number of carbonyl (C=O) groups is 1. The number of unbranched alkanes of at least 4 members (excludes halogenated alkanes) is 1. The number of ether oxygens (including phenoxy) is 1. The Morgan fingerprint density at radius 3 is 2.54 bits per heavy atom. The van der Waals surface area contributed by atoms with Crippen LogP contribution in [0.25, 0.3) is 11.1 Å². The van der Waals surface area contributed by atoms with Crippen LogP contribution in [0.2, 0.25) is 0 Å². The highest BCUT2D eigenvalue weighted by molar-refractivity contribution is 5.97. The molecule has 0 radical (unpaired) electrons. The molecule has 1 aromatic heterocycles. The molecule has 0 bridgehead atoms. The summed E-state index contributed by atoms with van der Waals surface area (Å²) in [5.41, 5.74) is 0.798. The van der Waals surface area contributed by atoms with Gasteiger partial charge in [0, 0.05) is 54.5 Å². The summed E-state index contributed by atoms with van der Waals surface area (Å²) in [6.07, 6.45) is 5.31. The molecule has 1 heterocycles. The summed E-state index contributed by atoms with van der Waals surface area (Å²) in [4.78, 5) is 17.6. The van der Waals surface area contributed by atoms with E-state index in [9.17, 15) is 22.4 Å². The average Bonchev–Trinajstić information content (AvgIpc) is 3.58. The Labute approximate surface area is 203 Å². The topological polar surface area (TPSA) is 51.2 Å². The van der Waals surface area contributed by atoms with E-state index in [1.807, 2.05) is 0 Å². The SMILES string of the molecule is CCCCOCC1(CC(=O)Nc2c(-c3cc(F)ccc3F)ccnc2C2CCC(F)(F)CC2)CC1. The van der Waals surface area contributed by atoms with Crippen molar-refractivity contribution < 1.29 is 27.1 Å². The number of hydrogen-bond acceptors (Lipinski definition) is 3. The maximum Gasteiger partial charge on any atom is 0.248 e. The molecule has 4 rings (SSSR count). The highest BCUT2D eigenvalue weighted by Crippen LogP contribution is 2.50. The molecule has 0 spiro atoms. The Bertz CT molecular complexity index is 1050. The van der Waals surface area contributed by atoms with Gasteiger partial charge in [-0.25, -0.2) is 17.6 Å². The predicted molar refractivity (Wildman–Crippen MR) is 126 cm³/mol. The van der Waals surface area contributed by atoms with Gasteiger partial charge in [0.05, 0.1) is 18.0 Å². The lowest BCUT2D eigenvalue weighted by molar-refractivity contribution is -0.118. The van der Waals surface area contributed by atoms with Crippen molar-refractivity contribution in [1.29, 1.82) is 0 Å². The molecule has 0 aliphatic heterocycles. The van der Waals surface area contributed by atoms with Gasteiger partial charge in [0.25, 0.3) is 0 Å². The number of hydrogen-bond donors (Lipinski definition) is 1. The molecule has 35 heavy (non-hydrogen) atoms. The van der Waals surface area contributed by atoms with Crippen LogP contribution in [-0.4, -0.2) is 30.0 Å². The van der Waals surface area contributed by atoms with Crippen LogP contribution in [-0.2, 0) is 9.53 Å². The van der Waals surface area contributed by atoms with Gasteiger partial charge in [-0.05, 0) is 56.4 Å². The zero-order valence-electron chi connectivity index (χ0n) is 20.0. The van der Waals surface area contributed by atoms with E-state index in [1.165, 1.54) is 12.3 Å². The van der Waals surface area contributed by atoms with E-state index in [-0.39, 0.29) is 60.6 Å². The molecule has 1 amide bonds. The number of carbonyl (C=O) groups excluding carboxylic acids is 1. The van der Waals surface area contributed by atoms with E-state index in [0.717, 1.165) is 43.9 Å². The third-order valence-electron chi connectivity index (χ3n) is 7.11. The summed E-state index contributed by atoms with van der Waals surface area (Å²) in [7, 11) is 0. The van der Waals surface area contributed by atoms with Crippen molar-refractivity contribution in [1.82, 2.24) is 4.98 Å². The number of amides is 1. The van der Waals surface area contributed by atoms with Crippen molar-refractivity contribution >= 4 is 11.6 Å². The smallest absolute Gasteiger partial charge is 0.248 e. The Balaban J connectivity index is 1.60. The van der Waals surface area contributed by atoms with Crippen molar-refractivity contribution in [2.75, 3.05) is 18.5 Å². The fraction of sp³-hybridized carbons (Fsp3) is 0.556. The van der Waals surface area contributed by atoms with E-state index in [1.54, 1.807) is 0 Å². The molecule has 1 aromatic carbocycles. The molecule has 0 atom stereocenters. The molecule has 2 saturated carbocycles. The van der Waals surface area contributed by atoms with E-state index < -0.39 is 17.6 Å². The Morgan fingerprint density at radius 1 is 1.11 bits per heavy atom. The van der Waals surface area contributed by atoms with Crippen molar-refractivity contribution in [3.63, 3.8) is 0 Å². The molecule has 190 valence electrons. The number of nitrogens with zero attached hydrogens (tertiary/aromatic N) is 1. The van der Waals surface area contributed by atoms with Gasteiger partial charge < -0.3 is 10.1 Å². The Hall–Kier alpha value is -2.48. The third kappa shape index (κ3) is 6.40. The van der Waals surface area contributed by atoms with Crippen LogP contribution in [0.5, 0.6) is 0 Å². The summed E-state index contributed by atoms with van der Waals surface area (Å²) in [6, 6.07) is 4.65. The maximum atomic E-state index is 14.7. The zero-order valence-corrected chi connectivity index (χ0v) is 20.0. The van der Waals surface area contributed by atoms with Crippen LogP contribution in [0.15, 0.2) is 30.5 Å². The van der Waals surface area contributed by atoms with E-state index in [0.29, 0.717) is 24.5 Å². The van der Waals surface area contributed by atoms with Gasteiger partial charge in [0.15, 0.2) is 0 Å². The predicted octanol–water partition coefficient (Wildman–Crippen LogP) is 7.25. The van der Waals surface area contributed by atoms with Crippen LogP contribution in [0.1, 0.15) is 76.3 Å². The van der Waals surface area contributed by atoms with E-state index in [4.69, 9.17) is 4.74 Å². The second-order valence-electron chi connectivity index (χ2n) is 10.0. The van der Waals surface area contributed by atoms with Crippen molar-refractivity contribution in [3.8, 4) is 11.1 Å². The Kier molecular flexibility index (Phi) is 7.79. The fourth-order valence-corrected chi connectivity index (χ4v) is 4.77. The molecule has 2 fully saturated rings. The van der Waals surface area contributed by atoms with Gasteiger partial charge in [-0.3, -0.25) is 9.78 Å². The summed E-state index contributed by atoms with van der Waals surface area (Å²) < 4.78 is 62.1. The molecule has 4 nitrogen and oxygen atoms in total. The molecule has 0 unspecified atom stereocenters. The number of anilines is 1. The normalized spacial score (nSPS) is 18.9. The number of halogens is 4. The first kappa shape index (κ1) is 25.6. The van der Waals surface area contributed by atoms with Crippen molar-refractivity contribution in [2.24, 2.45) is 5.41 Å². The van der Waals surface area contributed by atoms with Crippen LogP contribution >= 0.6 is 0 Å². The molecule has 1 N–H and O–H groups in total. The second-order valence-corrected chi connectivity index (χ2v) is 10.0. The Morgan fingerprint density at radius 2 is 1.86 bits per heavy atom. The van der Waals surface area contributed by atoms with Gasteiger partial charge in [-0.2, -0.15) is 0 Å². The lowest BCUT2D eigenvalue weighted by Gasteiger charge is -2.29. The molecular weight excluding hydrogens is 460 g/mol. The zero-order chi connectivity index (χ0) is 25.1. The minimum absolute atomic E-state index is 0.00544. The molecular formula is C27H32F4N2O2. The van der Waals surface area contributed by atoms with Crippen molar-refractivity contribution in [2.45, 2.75) is 76.6 Å². The molecule has 0 saturated heterocycles. The van der Waals surface area contributed by atoms with Crippen molar-refractivity contribution in [3.05, 3.63) is 47.8 Å². The first-order valence-electron chi connectivity index (χ1n) is 12.4. The number of pyridine rings is 1. The standard InChI is InChI=1S/C27H32F4N2O2/c1-2-3-14-35-17-26(11-12-26)16-23(34)33-25-20(21-15-19(28)4-5-22(21)29)8-13-32-24(25)18-6-9-27(30,31)10-7-18/h4-5,8,13,15,18H,2-3,6-7,9-12,14,16-17H2,1H3,(H,33,34). The van der Waals surface area contributed by atoms with Gasteiger partial charge in [0.1, 0.15) is 11.6 Å². The van der Waals surface area contributed by atoms with Gasteiger partial charge in [0.2, 0.25) is 11.8 Å². The highest BCUT2D eigenvalue weighted by Gasteiger charge is 2.45. The number of rotatable bonds is 10. The van der Waals surface area contributed by atoms with Crippen LogP contribution in [0.4, 0.5) is 23.2 Å². The average molecular weight is 493 g/mol. The molecule has 2 aromatic rings. The number of alkyl halides is 2. The quantitative estimate of drug-likeness (QED) is 0.281. The largest absolute Gasteiger partial charge is 0.381 e. The maximum absolute atomic E-state index is 14.7. The lowest BCUT2D eigenvalue weighted by Crippen LogP contribution is -2.26. The monoisotopic (exact) mass is 492 g/mol. The third-order valence-corrected chi connectivity index (χ3v) is 7.11.